The van der Waals surface area contributed by atoms with Crippen LogP contribution in [0.4, 0.5) is 0 Å². The van der Waals surface area contributed by atoms with Crippen molar-refractivity contribution in [2.24, 2.45) is 7.05 Å². The van der Waals surface area contributed by atoms with Gasteiger partial charge in [0.1, 0.15) is 18.3 Å². The van der Waals surface area contributed by atoms with Crippen LogP contribution in [0.3, 0.4) is 0 Å². The second-order valence-corrected chi connectivity index (χ2v) is 5.49. The summed E-state index contributed by atoms with van der Waals surface area (Å²) in [6.07, 6.45) is -1.33. The zero-order valence-electron chi connectivity index (χ0n) is 11.2. The van der Waals surface area contributed by atoms with Crippen molar-refractivity contribution in [3.05, 3.63) is 16.4 Å². The second kappa shape index (κ2) is 5.00. The molecule has 1 amide bonds. The van der Waals surface area contributed by atoms with Crippen LogP contribution in [0.1, 0.15) is 16.2 Å². The molecule has 2 aliphatic rings. The maximum Gasteiger partial charge on any atom is 0.273 e. The predicted octanol–water partition coefficient (Wildman–Crippen LogP) is -0.361. The van der Waals surface area contributed by atoms with Crippen LogP contribution in [0.15, 0.2) is 0 Å². The van der Waals surface area contributed by atoms with Gasteiger partial charge >= 0.3 is 0 Å². The Morgan fingerprint density at radius 2 is 2.15 bits per heavy atom. The Kier molecular flexibility index (Phi) is 3.45. The van der Waals surface area contributed by atoms with Gasteiger partial charge in [0.25, 0.3) is 5.91 Å². The molecular weight excluding hydrogens is 286 g/mol. The van der Waals surface area contributed by atoms with E-state index in [0.29, 0.717) is 11.6 Å². The van der Waals surface area contributed by atoms with Gasteiger partial charge in [-0.3, -0.25) is 9.48 Å². The number of carbonyl (C=O) groups is 1. The number of aryl methyl sites for hydroxylation is 1. The zero-order valence-corrected chi connectivity index (χ0v) is 11.9. The van der Waals surface area contributed by atoms with Crippen LogP contribution in [0, 0.1) is 6.92 Å². The fourth-order valence-electron chi connectivity index (χ4n) is 2.57. The molecule has 4 atom stereocenters. The summed E-state index contributed by atoms with van der Waals surface area (Å²) in [7, 11) is 1.73. The van der Waals surface area contributed by atoms with Crippen molar-refractivity contribution in [3.63, 3.8) is 0 Å². The molecule has 2 saturated heterocycles. The van der Waals surface area contributed by atoms with Crippen LogP contribution in [0.5, 0.6) is 0 Å². The van der Waals surface area contributed by atoms with Crippen LogP contribution in [-0.4, -0.2) is 58.4 Å². The van der Waals surface area contributed by atoms with Gasteiger partial charge in [-0.05, 0) is 6.92 Å². The summed E-state index contributed by atoms with van der Waals surface area (Å²) < 4.78 is 12.5. The molecule has 2 aliphatic heterocycles. The highest BCUT2D eigenvalue weighted by atomic mass is 35.5. The lowest BCUT2D eigenvalue weighted by Gasteiger charge is -2.16. The quantitative estimate of drug-likeness (QED) is 0.779. The lowest BCUT2D eigenvalue weighted by atomic mass is 10.1. The average Bonchev–Trinajstić information content (AvgIpc) is 3.04. The van der Waals surface area contributed by atoms with Crippen molar-refractivity contribution in [2.75, 3.05) is 13.2 Å². The Bertz CT molecular complexity index is 547. The van der Waals surface area contributed by atoms with Gasteiger partial charge in [-0.15, -0.1) is 0 Å². The first-order valence-electron chi connectivity index (χ1n) is 6.40. The number of aliphatic hydroxyl groups excluding tert-OH is 1. The van der Waals surface area contributed by atoms with E-state index in [1.807, 2.05) is 0 Å². The van der Waals surface area contributed by atoms with E-state index in [-0.39, 0.29) is 36.5 Å². The Labute approximate surface area is 120 Å². The van der Waals surface area contributed by atoms with Crippen molar-refractivity contribution >= 4 is 17.5 Å². The molecule has 110 valence electrons. The van der Waals surface area contributed by atoms with Crippen molar-refractivity contribution in [3.8, 4) is 0 Å². The van der Waals surface area contributed by atoms with Crippen LogP contribution < -0.4 is 5.32 Å². The van der Waals surface area contributed by atoms with Gasteiger partial charge < -0.3 is 19.9 Å². The first-order valence-corrected chi connectivity index (χ1v) is 6.78. The molecule has 2 N–H and O–H groups in total. The Balaban J connectivity index is 1.72. The fraction of sp³-hybridized carbons (Fsp3) is 0.667. The second-order valence-electron chi connectivity index (χ2n) is 5.11. The van der Waals surface area contributed by atoms with Gasteiger partial charge in [-0.25, -0.2) is 0 Å². The summed E-state index contributed by atoms with van der Waals surface area (Å²) in [5.41, 5.74) is 0.915. The number of nitrogens with one attached hydrogen (secondary N) is 1. The van der Waals surface area contributed by atoms with Crippen LogP contribution in [0.2, 0.25) is 5.02 Å². The first kappa shape index (κ1) is 13.8. The number of rotatable bonds is 2. The highest BCUT2D eigenvalue weighted by Gasteiger charge is 2.47. The molecule has 0 aromatic carbocycles. The molecule has 1 aromatic rings. The number of ether oxygens (including phenoxy) is 2. The maximum atomic E-state index is 12.2. The zero-order chi connectivity index (χ0) is 14.4. The summed E-state index contributed by atoms with van der Waals surface area (Å²) >= 11 is 6.08. The lowest BCUT2D eigenvalue weighted by molar-refractivity contribution is 0.0178. The molecule has 0 aliphatic carbocycles. The van der Waals surface area contributed by atoms with E-state index in [4.69, 9.17) is 21.1 Å². The van der Waals surface area contributed by atoms with E-state index in [9.17, 15) is 9.90 Å². The molecule has 0 spiro atoms. The van der Waals surface area contributed by atoms with Crippen LogP contribution >= 0.6 is 11.6 Å². The highest BCUT2D eigenvalue weighted by molar-refractivity contribution is 6.34. The fourth-order valence-corrected chi connectivity index (χ4v) is 2.81. The third-order valence-corrected chi connectivity index (χ3v) is 4.27. The predicted molar refractivity (Wildman–Crippen MR) is 69.7 cm³/mol. The first-order chi connectivity index (χ1) is 9.49. The van der Waals surface area contributed by atoms with E-state index in [1.54, 1.807) is 18.7 Å². The number of aromatic nitrogens is 2. The van der Waals surface area contributed by atoms with Crippen LogP contribution in [-0.2, 0) is 16.5 Å². The number of nitrogens with zero attached hydrogens (tertiary/aromatic N) is 2. The standard InChI is InChI=1S/C12H16ClN3O4/c1-5-8(13)9(15-16(5)2)12(18)14-6-3-19-11-7(17)4-20-10(6)11/h6-7,10-11,17H,3-4H2,1-2H3,(H,14,18)/t6-,7+,10+,11+/m0/s1. The number of hydrogen-bond acceptors (Lipinski definition) is 5. The largest absolute Gasteiger partial charge is 0.388 e. The molecule has 0 saturated carbocycles. The summed E-state index contributed by atoms with van der Waals surface area (Å²) in [5.74, 6) is -0.363. The highest BCUT2D eigenvalue weighted by Crippen LogP contribution is 2.27. The van der Waals surface area contributed by atoms with E-state index in [2.05, 4.69) is 10.4 Å². The molecule has 0 bridgehead atoms. The third-order valence-electron chi connectivity index (χ3n) is 3.82. The number of carbonyl (C=O) groups excluding carboxylic acids is 1. The van der Waals surface area contributed by atoms with Crippen molar-refractivity contribution in [1.29, 1.82) is 0 Å². The third kappa shape index (κ3) is 2.10. The minimum absolute atomic E-state index is 0.189. The van der Waals surface area contributed by atoms with Crippen molar-refractivity contribution in [2.45, 2.75) is 31.3 Å². The molecule has 8 heteroatoms. The Hall–Kier alpha value is -1.15. The molecule has 3 rings (SSSR count). The topological polar surface area (TPSA) is 85.6 Å². The minimum Gasteiger partial charge on any atom is -0.388 e. The number of aliphatic hydroxyl groups is 1. The lowest BCUT2D eigenvalue weighted by Crippen LogP contribution is -2.44. The molecule has 20 heavy (non-hydrogen) atoms. The van der Waals surface area contributed by atoms with Gasteiger partial charge in [-0.1, -0.05) is 11.6 Å². The average molecular weight is 302 g/mol. The van der Waals surface area contributed by atoms with E-state index < -0.39 is 6.10 Å². The summed E-state index contributed by atoms with van der Waals surface area (Å²) in [6, 6.07) is -0.303. The van der Waals surface area contributed by atoms with Gasteiger partial charge in [0.2, 0.25) is 0 Å². The van der Waals surface area contributed by atoms with Gasteiger partial charge in [0.05, 0.1) is 30.0 Å². The minimum atomic E-state index is -0.636. The number of hydrogen-bond donors (Lipinski definition) is 2. The Morgan fingerprint density at radius 3 is 2.80 bits per heavy atom. The normalized spacial score (nSPS) is 32.4. The summed E-state index contributed by atoms with van der Waals surface area (Å²) in [6.45, 7) is 2.32. The SMILES string of the molecule is Cc1c(Cl)c(C(=O)N[C@H]2CO[C@H]3[C@@H]2OC[C@H]3O)nn1C. The summed E-state index contributed by atoms with van der Waals surface area (Å²) in [5, 5.41) is 16.9. The molecule has 0 unspecified atom stereocenters. The molecule has 1 aromatic heterocycles. The van der Waals surface area contributed by atoms with Gasteiger partial charge in [-0.2, -0.15) is 5.10 Å². The molecule has 3 heterocycles. The number of fused-ring (bicyclic) bond motifs is 1. The molecular formula is C12H16ClN3O4. The maximum absolute atomic E-state index is 12.2. The van der Waals surface area contributed by atoms with Crippen LogP contribution in [0.25, 0.3) is 0 Å². The van der Waals surface area contributed by atoms with Gasteiger partial charge in [0.15, 0.2) is 5.69 Å². The van der Waals surface area contributed by atoms with E-state index >= 15 is 0 Å². The van der Waals surface area contributed by atoms with Crippen molar-refractivity contribution < 1.29 is 19.4 Å². The molecule has 0 radical (unpaired) electrons. The monoisotopic (exact) mass is 301 g/mol. The molecule has 2 fully saturated rings. The Morgan fingerprint density at radius 1 is 1.45 bits per heavy atom. The smallest absolute Gasteiger partial charge is 0.273 e. The number of amides is 1. The van der Waals surface area contributed by atoms with E-state index in [0.717, 1.165) is 5.69 Å². The van der Waals surface area contributed by atoms with E-state index in [1.165, 1.54) is 0 Å². The van der Waals surface area contributed by atoms with Crippen molar-refractivity contribution in [1.82, 2.24) is 15.1 Å². The summed E-state index contributed by atoms with van der Waals surface area (Å²) in [4.78, 5) is 12.2. The molecule has 7 nitrogen and oxygen atoms in total. The van der Waals surface area contributed by atoms with Gasteiger partial charge in [0, 0.05) is 7.05 Å². The number of halogens is 1.